The van der Waals surface area contributed by atoms with Crippen molar-refractivity contribution in [3.63, 3.8) is 0 Å². The van der Waals surface area contributed by atoms with Crippen LogP contribution >= 0.6 is 0 Å². The Morgan fingerprint density at radius 2 is 1.95 bits per heavy atom. The van der Waals surface area contributed by atoms with E-state index >= 15 is 0 Å². The molecule has 0 radical (unpaired) electrons. The lowest BCUT2D eigenvalue weighted by Crippen LogP contribution is -2.03. The summed E-state index contributed by atoms with van der Waals surface area (Å²) in [5, 5.41) is 13.6. The van der Waals surface area contributed by atoms with Crippen LogP contribution in [0.3, 0.4) is 0 Å². The van der Waals surface area contributed by atoms with Crippen LogP contribution in [-0.2, 0) is 6.54 Å². The van der Waals surface area contributed by atoms with E-state index in [0.717, 1.165) is 0 Å². The maximum Gasteiger partial charge on any atom is 0.170 e. The van der Waals surface area contributed by atoms with Gasteiger partial charge in [0.2, 0.25) is 0 Å². The Kier molecular flexibility index (Phi) is 2.92. The lowest BCUT2D eigenvalue weighted by Gasteiger charge is -2.04. The SMILES string of the molecule is N#Cc1nn(Cc2ccccc2F)c2ccc(F)cc12. The van der Waals surface area contributed by atoms with Crippen LogP contribution in [0.5, 0.6) is 0 Å². The van der Waals surface area contributed by atoms with Crippen molar-refractivity contribution in [2.45, 2.75) is 6.54 Å². The summed E-state index contributed by atoms with van der Waals surface area (Å²) >= 11 is 0. The zero-order valence-corrected chi connectivity index (χ0v) is 10.3. The van der Waals surface area contributed by atoms with E-state index in [1.165, 1.54) is 22.9 Å². The molecule has 0 bridgehead atoms. The molecule has 3 rings (SSSR count). The van der Waals surface area contributed by atoms with Crippen LogP contribution in [-0.4, -0.2) is 9.78 Å². The van der Waals surface area contributed by atoms with Gasteiger partial charge in [-0.15, -0.1) is 0 Å². The Balaban J connectivity index is 2.13. The predicted octanol–water partition coefficient (Wildman–Crippen LogP) is 3.23. The molecule has 0 N–H and O–H groups in total. The lowest BCUT2D eigenvalue weighted by atomic mass is 10.2. The Morgan fingerprint density at radius 3 is 2.70 bits per heavy atom. The van der Waals surface area contributed by atoms with Gasteiger partial charge in [0.1, 0.15) is 17.7 Å². The molecule has 98 valence electrons. The molecule has 0 fully saturated rings. The molecule has 0 saturated heterocycles. The van der Waals surface area contributed by atoms with Crippen LogP contribution in [0.2, 0.25) is 0 Å². The van der Waals surface area contributed by atoms with E-state index in [-0.39, 0.29) is 18.1 Å². The van der Waals surface area contributed by atoms with Gasteiger partial charge in [0.05, 0.1) is 12.1 Å². The smallest absolute Gasteiger partial charge is 0.170 e. The van der Waals surface area contributed by atoms with Gasteiger partial charge in [-0.25, -0.2) is 8.78 Å². The summed E-state index contributed by atoms with van der Waals surface area (Å²) in [6, 6.07) is 12.4. The molecule has 0 atom stereocenters. The molecule has 0 aliphatic heterocycles. The molecule has 1 aromatic heterocycles. The van der Waals surface area contributed by atoms with Crippen molar-refractivity contribution in [3.05, 3.63) is 65.4 Å². The monoisotopic (exact) mass is 269 g/mol. The largest absolute Gasteiger partial charge is 0.259 e. The van der Waals surface area contributed by atoms with Crippen molar-refractivity contribution >= 4 is 10.9 Å². The Morgan fingerprint density at radius 1 is 1.15 bits per heavy atom. The minimum atomic E-state index is -0.431. The fourth-order valence-electron chi connectivity index (χ4n) is 2.14. The average molecular weight is 269 g/mol. The fourth-order valence-corrected chi connectivity index (χ4v) is 2.14. The minimum absolute atomic E-state index is 0.135. The highest BCUT2D eigenvalue weighted by Gasteiger charge is 2.12. The number of nitrogens with zero attached hydrogens (tertiary/aromatic N) is 3. The first-order chi connectivity index (χ1) is 9.69. The summed E-state index contributed by atoms with van der Waals surface area (Å²) in [6.07, 6.45) is 0. The van der Waals surface area contributed by atoms with E-state index in [0.29, 0.717) is 16.5 Å². The second kappa shape index (κ2) is 4.74. The van der Waals surface area contributed by atoms with Crippen molar-refractivity contribution < 1.29 is 8.78 Å². The number of rotatable bonds is 2. The first-order valence-electron chi connectivity index (χ1n) is 5.98. The molecule has 0 amide bonds. The van der Waals surface area contributed by atoms with E-state index in [1.807, 2.05) is 6.07 Å². The zero-order valence-electron chi connectivity index (χ0n) is 10.3. The quantitative estimate of drug-likeness (QED) is 0.716. The highest BCUT2D eigenvalue weighted by atomic mass is 19.1. The summed E-state index contributed by atoms with van der Waals surface area (Å²) < 4.78 is 28.4. The molecule has 1 heterocycles. The first-order valence-corrected chi connectivity index (χ1v) is 5.98. The zero-order chi connectivity index (χ0) is 14.1. The maximum absolute atomic E-state index is 13.7. The maximum atomic E-state index is 13.7. The predicted molar refractivity (Wildman–Crippen MR) is 69.9 cm³/mol. The second-order valence-electron chi connectivity index (χ2n) is 4.37. The number of benzene rings is 2. The van der Waals surface area contributed by atoms with Crippen molar-refractivity contribution in [1.29, 1.82) is 5.26 Å². The number of nitriles is 1. The molecule has 20 heavy (non-hydrogen) atoms. The molecule has 3 nitrogen and oxygen atoms in total. The Hall–Kier alpha value is -2.74. The van der Waals surface area contributed by atoms with Gasteiger partial charge in [-0.05, 0) is 24.3 Å². The van der Waals surface area contributed by atoms with Gasteiger partial charge in [0.15, 0.2) is 5.69 Å². The van der Waals surface area contributed by atoms with Gasteiger partial charge >= 0.3 is 0 Å². The van der Waals surface area contributed by atoms with Gasteiger partial charge in [-0.1, -0.05) is 18.2 Å². The molecule has 0 spiro atoms. The van der Waals surface area contributed by atoms with Crippen LogP contribution in [0.15, 0.2) is 42.5 Å². The summed E-state index contributed by atoms with van der Waals surface area (Å²) in [5.74, 6) is -0.767. The topological polar surface area (TPSA) is 41.6 Å². The van der Waals surface area contributed by atoms with Gasteiger partial charge in [0.25, 0.3) is 0 Å². The molecule has 0 saturated carbocycles. The van der Waals surface area contributed by atoms with Crippen LogP contribution in [0.25, 0.3) is 10.9 Å². The summed E-state index contributed by atoms with van der Waals surface area (Å²) in [5.41, 5.74) is 1.20. The number of aromatic nitrogens is 2. The van der Waals surface area contributed by atoms with E-state index < -0.39 is 5.82 Å². The molecule has 5 heteroatoms. The van der Waals surface area contributed by atoms with Crippen molar-refractivity contribution in [1.82, 2.24) is 9.78 Å². The fraction of sp³-hybridized carbons (Fsp3) is 0.0667. The van der Waals surface area contributed by atoms with Crippen LogP contribution in [0.4, 0.5) is 8.78 Å². The molecule has 2 aromatic carbocycles. The van der Waals surface area contributed by atoms with Gasteiger partial charge < -0.3 is 0 Å². The van der Waals surface area contributed by atoms with E-state index in [4.69, 9.17) is 5.26 Å². The standard InChI is InChI=1S/C15H9F2N3/c16-11-5-6-15-12(7-11)14(8-18)19-20(15)9-10-3-1-2-4-13(10)17/h1-7H,9H2. The van der Waals surface area contributed by atoms with E-state index in [2.05, 4.69) is 5.10 Å². The first kappa shape index (κ1) is 12.3. The molecule has 0 aliphatic carbocycles. The minimum Gasteiger partial charge on any atom is -0.259 e. The molecular formula is C15H9F2N3. The Labute approximate surface area is 113 Å². The number of halogens is 2. The number of hydrogen-bond acceptors (Lipinski definition) is 2. The van der Waals surface area contributed by atoms with Gasteiger partial charge in [-0.2, -0.15) is 10.4 Å². The summed E-state index contributed by atoms with van der Waals surface area (Å²) in [4.78, 5) is 0. The summed E-state index contributed by atoms with van der Waals surface area (Å²) in [6.45, 7) is 0.191. The van der Waals surface area contributed by atoms with Gasteiger partial charge in [0, 0.05) is 10.9 Å². The molecule has 0 unspecified atom stereocenters. The van der Waals surface area contributed by atoms with Crippen LogP contribution < -0.4 is 0 Å². The lowest BCUT2D eigenvalue weighted by molar-refractivity contribution is 0.589. The third-order valence-electron chi connectivity index (χ3n) is 3.10. The molecule has 0 aliphatic rings. The van der Waals surface area contributed by atoms with Crippen LogP contribution in [0, 0.1) is 23.0 Å². The van der Waals surface area contributed by atoms with E-state index in [1.54, 1.807) is 24.3 Å². The summed E-state index contributed by atoms with van der Waals surface area (Å²) in [7, 11) is 0. The third-order valence-corrected chi connectivity index (χ3v) is 3.10. The normalized spacial score (nSPS) is 10.7. The number of hydrogen-bond donors (Lipinski definition) is 0. The van der Waals surface area contributed by atoms with Crippen molar-refractivity contribution in [2.75, 3.05) is 0 Å². The second-order valence-corrected chi connectivity index (χ2v) is 4.37. The van der Waals surface area contributed by atoms with Gasteiger partial charge in [-0.3, -0.25) is 4.68 Å². The van der Waals surface area contributed by atoms with Crippen molar-refractivity contribution in [3.8, 4) is 6.07 Å². The highest BCUT2D eigenvalue weighted by Crippen LogP contribution is 2.21. The van der Waals surface area contributed by atoms with Crippen molar-refractivity contribution in [2.24, 2.45) is 0 Å². The highest BCUT2D eigenvalue weighted by molar-refractivity contribution is 5.84. The molecule has 3 aromatic rings. The average Bonchev–Trinajstić information content (AvgIpc) is 2.78. The van der Waals surface area contributed by atoms with E-state index in [9.17, 15) is 8.78 Å². The third kappa shape index (κ3) is 2.01. The van der Waals surface area contributed by atoms with Crippen LogP contribution in [0.1, 0.15) is 11.3 Å². The Bertz CT molecular complexity index is 831. The molecular weight excluding hydrogens is 260 g/mol. The number of fused-ring (bicyclic) bond motifs is 1.